The van der Waals surface area contributed by atoms with Crippen LogP contribution in [-0.4, -0.2) is 45.0 Å². The van der Waals surface area contributed by atoms with E-state index in [1.165, 1.54) is 42.4 Å². The van der Waals surface area contributed by atoms with E-state index in [-0.39, 0.29) is 0 Å². The summed E-state index contributed by atoms with van der Waals surface area (Å²) in [5.41, 5.74) is 4.33. The van der Waals surface area contributed by atoms with Crippen LogP contribution < -0.4 is 10.6 Å². The molecule has 1 aliphatic heterocycles. The Labute approximate surface area is 157 Å². The first kappa shape index (κ1) is 19.2. The van der Waals surface area contributed by atoms with Gasteiger partial charge in [-0.15, -0.1) is 0 Å². The predicted molar refractivity (Wildman–Crippen MR) is 106 cm³/mol. The van der Waals surface area contributed by atoms with Crippen molar-refractivity contribution in [3.05, 3.63) is 34.9 Å². The van der Waals surface area contributed by atoms with Gasteiger partial charge in [-0.3, -0.25) is 0 Å². The van der Waals surface area contributed by atoms with Crippen molar-refractivity contribution in [1.29, 1.82) is 0 Å². The van der Waals surface area contributed by atoms with Gasteiger partial charge in [-0.1, -0.05) is 18.2 Å². The topological polar surface area (TPSA) is 54.9 Å². The van der Waals surface area contributed by atoms with E-state index >= 15 is 0 Å². The van der Waals surface area contributed by atoms with E-state index in [0.717, 1.165) is 58.3 Å². The zero-order chi connectivity index (χ0) is 18.0. The number of aliphatic imine (C=N–C) groups is 1. The number of nitrogens with one attached hydrogen (secondary N) is 2. The molecule has 2 N–H and O–H groups in total. The lowest BCUT2D eigenvalue weighted by atomic mass is 10.1. The minimum absolute atomic E-state index is 0.314. The number of hydrogen-bond donors (Lipinski definition) is 2. The van der Waals surface area contributed by atoms with Crippen molar-refractivity contribution in [3.8, 4) is 0 Å². The quantitative estimate of drug-likeness (QED) is 0.404. The third-order valence-corrected chi connectivity index (χ3v) is 5.01. The van der Waals surface area contributed by atoms with Crippen LogP contribution in [0.2, 0.25) is 0 Å². The highest BCUT2D eigenvalue weighted by molar-refractivity contribution is 5.79. The van der Waals surface area contributed by atoms with Crippen molar-refractivity contribution >= 4 is 5.96 Å². The van der Waals surface area contributed by atoms with Gasteiger partial charge in [-0.25, -0.2) is 4.99 Å². The second-order valence-electron chi connectivity index (χ2n) is 7.14. The van der Waals surface area contributed by atoms with Gasteiger partial charge in [0.25, 0.3) is 0 Å². The molecular formula is C21H33N3O2. The molecule has 1 unspecified atom stereocenters. The molecule has 0 bridgehead atoms. The van der Waals surface area contributed by atoms with Gasteiger partial charge in [0.1, 0.15) is 0 Å². The van der Waals surface area contributed by atoms with E-state index in [4.69, 9.17) is 14.5 Å². The number of benzene rings is 1. The van der Waals surface area contributed by atoms with Crippen LogP contribution in [0.5, 0.6) is 0 Å². The molecule has 5 nitrogen and oxygen atoms in total. The summed E-state index contributed by atoms with van der Waals surface area (Å²) in [6.45, 7) is 6.93. The molecule has 26 heavy (non-hydrogen) atoms. The van der Waals surface area contributed by atoms with E-state index in [1.807, 2.05) is 0 Å². The van der Waals surface area contributed by atoms with Crippen LogP contribution in [0.1, 0.15) is 49.3 Å². The third-order valence-electron chi connectivity index (χ3n) is 5.01. The Morgan fingerprint density at radius 1 is 1.23 bits per heavy atom. The van der Waals surface area contributed by atoms with Crippen LogP contribution in [0.4, 0.5) is 0 Å². The average Bonchev–Trinajstić information content (AvgIpc) is 3.33. The molecule has 0 aromatic heterocycles. The first-order chi connectivity index (χ1) is 12.8. The van der Waals surface area contributed by atoms with Crippen LogP contribution in [0.25, 0.3) is 0 Å². The molecule has 5 heteroatoms. The highest BCUT2D eigenvalue weighted by Crippen LogP contribution is 2.23. The van der Waals surface area contributed by atoms with Gasteiger partial charge in [0.2, 0.25) is 0 Å². The Morgan fingerprint density at radius 2 is 2.15 bits per heavy atom. The Morgan fingerprint density at radius 3 is 3.00 bits per heavy atom. The van der Waals surface area contributed by atoms with Gasteiger partial charge < -0.3 is 20.1 Å². The Hall–Kier alpha value is -1.59. The van der Waals surface area contributed by atoms with Crippen LogP contribution in [0.15, 0.2) is 23.2 Å². The maximum Gasteiger partial charge on any atom is 0.191 e. The molecule has 1 aromatic carbocycles. The summed E-state index contributed by atoms with van der Waals surface area (Å²) in [4.78, 5) is 4.72. The molecule has 1 heterocycles. The number of fused-ring (bicyclic) bond motifs is 1. The van der Waals surface area contributed by atoms with E-state index in [2.05, 4.69) is 35.8 Å². The second kappa shape index (κ2) is 10.5. The molecule has 1 aromatic rings. The van der Waals surface area contributed by atoms with Crippen LogP contribution in [0.3, 0.4) is 0 Å². The fourth-order valence-electron chi connectivity index (χ4n) is 3.61. The molecule has 0 radical (unpaired) electrons. The molecule has 2 aliphatic rings. The van der Waals surface area contributed by atoms with Gasteiger partial charge in [0.15, 0.2) is 5.96 Å². The molecule has 0 spiro atoms. The number of guanidine groups is 1. The maximum absolute atomic E-state index is 5.71. The van der Waals surface area contributed by atoms with Gasteiger partial charge in [-0.05, 0) is 62.1 Å². The summed E-state index contributed by atoms with van der Waals surface area (Å²) in [6.07, 6.45) is 7.33. The lowest BCUT2D eigenvalue weighted by molar-refractivity contribution is 0.0168. The monoisotopic (exact) mass is 359 g/mol. The molecule has 1 aliphatic carbocycles. The summed E-state index contributed by atoms with van der Waals surface area (Å²) < 4.78 is 11.3. The zero-order valence-electron chi connectivity index (χ0n) is 16.1. The Kier molecular flexibility index (Phi) is 7.77. The number of hydrogen-bond acceptors (Lipinski definition) is 3. The molecule has 0 amide bonds. The van der Waals surface area contributed by atoms with Crippen LogP contribution >= 0.6 is 0 Å². The summed E-state index contributed by atoms with van der Waals surface area (Å²) in [7, 11) is 0. The minimum Gasteiger partial charge on any atom is -0.379 e. The van der Waals surface area contributed by atoms with Gasteiger partial charge in [-0.2, -0.15) is 0 Å². The van der Waals surface area contributed by atoms with Crippen molar-refractivity contribution in [2.75, 3.05) is 32.9 Å². The maximum atomic E-state index is 5.71. The van der Waals surface area contributed by atoms with Crippen molar-refractivity contribution in [3.63, 3.8) is 0 Å². The van der Waals surface area contributed by atoms with E-state index in [9.17, 15) is 0 Å². The minimum atomic E-state index is 0.314. The average molecular weight is 360 g/mol. The molecular weight excluding hydrogens is 326 g/mol. The summed E-state index contributed by atoms with van der Waals surface area (Å²) >= 11 is 0. The highest BCUT2D eigenvalue weighted by atomic mass is 16.5. The number of nitrogens with zero attached hydrogens (tertiary/aromatic N) is 1. The Balaban J connectivity index is 1.36. The smallest absolute Gasteiger partial charge is 0.191 e. The largest absolute Gasteiger partial charge is 0.379 e. The fourth-order valence-corrected chi connectivity index (χ4v) is 3.61. The summed E-state index contributed by atoms with van der Waals surface area (Å²) in [6, 6.07) is 6.82. The fraction of sp³-hybridized carbons (Fsp3) is 0.667. The van der Waals surface area contributed by atoms with Crippen LogP contribution in [-0.2, 0) is 28.9 Å². The number of aryl methyl sites for hydroxylation is 2. The Bertz CT molecular complexity index is 583. The molecule has 144 valence electrons. The first-order valence-electron chi connectivity index (χ1n) is 10.2. The number of ether oxygens (including phenoxy) is 2. The predicted octanol–water partition coefficient (Wildman–Crippen LogP) is 2.82. The van der Waals surface area contributed by atoms with Crippen molar-refractivity contribution in [2.24, 2.45) is 4.99 Å². The molecule has 1 saturated heterocycles. The molecule has 0 saturated carbocycles. The number of rotatable bonds is 9. The second-order valence-corrected chi connectivity index (χ2v) is 7.14. The SMILES string of the molecule is CCNC(=NCc1ccc2c(c1)CCC2)NCCCOCC1CCCO1. The molecule has 3 rings (SSSR count). The van der Waals surface area contributed by atoms with Crippen molar-refractivity contribution in [1.82, 2.24) is 10.6 Å². The highest BCUT2D eigenvalue weighted by Gasteiger charge is 2.15. The van der Waals surface area contributed by atoms with Crippen molar-refractivity contribution in [2.45, 2.75) is 58.1 Å². The summed E-state index contributed by atoms with van der Waals surface area (Å²) in [5, 5.41) is 6.72. The third kappa shape index (κ3) is 5.99. The van der Waals surface area contributed by atoms with Gasteiger partial charge >= 0.3 is 0 Å². The molecule has 1 fully saturated rings. The standard InChI is InChI=1S/C21H33N3O2/c1-2-22-21(23-11-5-12-25-16-20-8-4-13-26-20)24-15-17-9-10-18-6-3-7-19(18)14-17/h9-10,14,20H,2-8,11-13,15-16H2,1H3,(H2,22,23,24). The van der Waals surface area contributed by atoms with Crippen molar-refractivity contribution < 1.29 is 9.47 Å². The van der Waals surface area contributed by atoms with E-state index in [1.54, 1.807) is 0 Å². The lowest BCUT2D eigenvalue weighted by Gasteiger charge is -2.13. The zero-order valence-corrected chi connectivity index (χ0v) is 16.1. The normalized spacial score (nSPS) is 19.6. The van der Waals surface area contributed by atoms with E-state index in [0.29, 0.717) is 6.10 Å². The molecule has 1 atom stereocenters. The van der Waals surface area contributed by atoms with E-state index < -0.39 is 0 Å². The lowest BCUT2D eigenvalue weighted by Crippen LogP contribution is -2.38. The van der Waals surface area contributed by atoms with Gasteiger partial charge in [0, 0.05) is 26.3 Å². The van der Waals surface area contributed by atoms with Gasteiger partial charge in [0.05, 0.1) is 19.3 Å². The summed E-state index contributed by atoms with van der Waals surface area (Å²) in [5.74, 6) is 0.882. The first-order valence-corrected chi connectivity index (χ1v) is 10.2. The van der Waals surface area contributed by atoms with Crippen LogP contribution in [0, 0.1) is 0 Å².